The van der Waals surface area contributed by atoms with Gasteiger partial charge in [0.2, 0.25) is 0 Å². The van der Waals surface area contributed by atoms with E-state index in [0.717, 1.165) is 5.69 Å². The van der Waals surface area contributed by atoms with E-state index >= 15 is 0 Å². The van der Waals surface area contributed by atoms with Crippen LogP contribution in [0.25, 0.3) is 0 Å². The first-order chi connectivity index (χ1) is 7.95. The monoisotopic (exact) mass is 237 g/mol. The molecule has 5 heteroatoms. The molecule has 0 saturated carbocycles. The normalized spacial score (nSPS) is 12.2. The maximum atomic E-state index is 12.2. The van der Waals surface area contributed by atoms with Crippen LogP contribution in [-0.4, -0.2) is 42.6 Å². The smallest absolute Gasteiger partial charge is 0.254 e. The minimum Gasteiger partial charge on any atom is -0.384 e. The Balaban J connectivity index is 2.88. The summed E-state index contributed by atoms with van der Waals surface area (Å²) < 4.78 is 5.03. The van der Waals surface area contributed by atoms with Crippen molar-refractivity contribution in [2.75, 3.05) is 26.5 Å². The number of carbonyl (C=O) groups is 1. The van der Waals surface area contributed by atoms with Crippen molar-refractivity contribution < 1.29 is 9.53 Å². The Bertz CT molecular complexity index is 386. The predicted octanol–water partition coefficient (Wildman–Crippen LogP) is 1.08. The number of ether oxygens (including phenoxy) is 1. The summed E-state index contributed by atoms with van der Waals surface area (Å²) in [4.78, 5) is 17.8. The topological polar surface area (TPSA) is 68.5 Å². The van der Waals surface area contributed by atoms with Crippen molar-refractivity contribution >= 4 is 11.7 Å². The molecule has 1 aromatic rings. The van der Waals surface area contributed by atoms with E-state index in [2.05, 4.69) is 4.98 Å². The van der Waals surface area contributed by atoms with Crippen LogP contribution in [0.15, 0.2) is 12.1 Å². The lowest BCUT2D eigenvalue weighted by molar-refractivity contribution is 0.0633. The van der Waals surface area contributed by atoms with Gasteiger partial charge < -0.3 is 15.4 Å². The van der Waals surface area contributed by atoms with Gasteiger partial charge >= 0.3 is 0 Å². The molecular weight excluding hydrogens is 218 g/mol. The van der Waals surface area contributed by atoms with Crippen LogP contribution in [0, 0.1) is 6.92 Å². The van der Waals surface area contributed by atoms with Crippen LogP contribution in [0.5, 0.6) is 0 Å². The molecule has 1 atom stereocenters. The number of nitrogen functional groups attached to an aromatic ring is 1. The zero-order chi connectivity index (χ0) is 13.0. The number of anilines is 1. The van der Waals surface area contributed by atoms with E-state index in [4.69, 9.17) is 10.5 Å². The summed E-state index contributed by atoms with van der Waals surface area (Å²) in [6.45, 7) is 4.24. The Kier molecular flexibility index (Phi) is 4.45. The number of likely N-dealkylation sites (N-methyl/N-ethyl adjacent to an activating group) is 1. The Morgan fingerprint density at radius 1 is 1.59 bits per heavy atom. The van der Waals surface area contributed by atoms with Crippen molar-refractivity contribution in [3.05, 3.63) is 23.4 Å². The molecule has 0 fully saturated rings. The largest absolute Gasteiger partial charge is 0.384 e. The molecule has 0 spiro atoms. The van der Waals surface area contributed by atoms with Gasteiger partial charge in [0, 0.05) is 25.4 Å². The van der Waals surface area contributed by atoms with Gasteiger partial charge in [0.15, 0.2) is 0 Å². The van der Waals surface area contributed by atoms with Crippen LogP contribution >= 0.6 is 0 Å². The maximum absolute atomic E-state index is 12.2. The highest BCUT2D eigenvalue weighted by molar-refractivity contribution is 5.95. The highest BCUT2D eigenvalue weighted by atomic mass is 16.5. The quantitative estimate of drug-likeness (QED) is 0.850. The van der Waals surface area contributed by atoms with Crippen molar-refractivity contribution in [2.45, 2.75) is 19.9 Å². The maximum Gasteiger partial charge on any atom is 0.254 e. The summed E-state index contributed by atoms with van der Waals surface area (Å²) in [6.07, 6.45) is 0. The second-order valence-electron chi connectivity index (χ2n) is 4.14. The van der Waals surface area contributed by atoms with Gasteiger partial charge in [-0.3, -0.25) is 4.79 Å². The number of hydrogen-bond acceptors (Lipinski definition) is 4. The lowest BCUT2D eigenvalue weighted by atomic mass is 10.2. The van der Waals surface area contributed by atoms with Crippen LogP contribution in [0.2, 0.25) is 0 Å². The third-order valence-corrected chi connectivity index (χ3v) is 2.61. The highest BCUT2D eigenvalue weighted by Gasteiger charge is 2.18. The van der Waals surface area contributed by atoms with Crippen LogP contribution in [0.3, 0.4) is 0 Å². The molecule has 0 aliphatic heterocycles. The van der Waals surface area contributed by atoms with Crippen LogP contribution in [0.4, 0.5) is 5.82 Å². The average Bonchev–Trinajstić information content (AvgIpc) is 2.26. The summed E-state index contributed by atoms with van der Waals surface area (Å²) in [6, 6.07) is 3.34. The number of rotatable bonds is 4. The Morgan fingerprint density at radius 2 is 2.24 bits per heavy atom. The molecule has 1 rings (SSSR count). The SMILES string of the molecule is COCC(C)N(C)C(=O)c1cc(C)nc(N)c1. The van der Waals surface area contributed by atoms with Crippen molar-refractivity contribution in [1.82, 2.24) is 9.88 Å². The Morgan fingerprint density at radius 3 is 2.76 bits per heavy atom. The van der Waals surface area contributed by atoms with Crippen molar-refractivity contribution in [3.63, 3.8) is 0 Å². The van der Waals surface area contributed by atoms with Gasteiger partial charge in [-0.2, -0.15) is 0 Å². The number of aromatic nitrogens is 1. The number of amides is 1. The molecule has 0 aromatic carbocycles. The summed E-state index contributed by atoms with van der Waals surface area (Å²) in [7, 11) is 3.36. The summed E-state index contributed by atoms with van der Waals surface area (Å²) >= 11 is 0. The number of nitrogens with zero attached hydrogens (tertiary/aromatic N) is 2. The molecule has 1 heterocycles. The fourth-order valence-electron chi connectivity index (χ4n) is 1.57. The molecule has 0 aliphatic rings. The van der Waals surface area contributed by atoms with E-state index in [1.54, 1.807) is 31.2 Å². The van der Waals surface area contributed by atoms with Gasteiger partial charge in [-0.05, 0) is 26.0 Å². The molecule has 17 heavy (non-hydrogen) atoms. The molecule has 94 valence electrons. The Labute approximate surface area is 102 Å². The minimum atomic E-state index is -0.0771. The van der Waals surface area contributed by atoms with Crippen molar-refractivity contribution in [1.29, 1.82) is 0 Å². The van der Waals surface area contributed by atoms with Crippen LogP contribution in [0.1, 0.15) is 23.0 Å². The third kappa shape index (κ3) is 3.42. The number of nitrogens with two attached hydrogens (primary N) is 1. The summed E-state index contributed by atoms with van der Waals surface area (Å²) in [5.41, 5.74) is 6.92. The molecule has 5 nitrogen and oxygen atoms in total. The van der Waals surface area contributed by atoms with E-state index in [0.29, 0.717) is 18.0 Å². The van der Waals surface area contributed by atoms with Gasteiger partial charge in [0.05, 0.1) is 12.6 Å². The molecule has 0 radical (unpaired) electrons. The first-order valence-corrected chi connectivity index (χ1v) is 5.46. The fraction of sp³-hybridized carbons (Fsp3) is 0.500. The molecule has 0 saturated heterocycles. The lowest BCUT2D eigenvalue weighted by Crippen LogP contribution is -2.37. The second kappa shape index (κ2) is 5.63. The molecule has 1 amide bonds. The molecule has 1 unspecified atom stereocenters. The number of aryl methyl sites for hydroxylation is 1. The van der Waals surface area contributed by atoms with E-state index in [-0.39, 0.29) is 11.9 Å². The molecular formula is C12H19N3O2. The summed E-state index contributed by atoms with van der Waals surface area (Å²) in [5.74, 6) is 0.285. The first kappa shape index (κ1) is 13.4. The van der Waals surface area contributed by atoms with Gasteiger partial charge in [-0.1, -0.05) is 0 Å². The molecule has 1 aromatic heterocycles. The zero-order valence-electron chi connectivity index (χ0n) is 10.7. The molecule has 0 aliphatic carbocycles. The molecule has 0 bridgehead atoms. The second-order valence-corrected chi connectivity index (χ2v) is 4.14. The van der Waals surface area contributed by atoms with Gasteiger partial charge in [-0.25, -0.2) is 4.98 Å². The number of carbonyl (C=O) groups excluding carboxylic acids is 1. The highest BCUT2D eigenvalue weighted by Crippen LogP contribution is 2.11. The average molecular weight is 237 g/mol. The molecule has 2 N–H and O–H groups in total. The van der Waals surface area contributed by atoms with Crippen LogP contribution in [-0.2, 0) is 4.74 Å². The van der Waals surface area contributed by atoms with Crippen molar-refractivity contribution in [3.8, 4) is 0 Å². The van der Waals surface area contributed by atoms with Crippen molar-refractivity contribution in [2.24, 2.45) is 0 Å². The lowest BCUT2D eigenvalue weighted by Gasteiger charge is -2.24. The number of pyridine rings is 1. The van der Waals surface area contributed by atoms with E-state index < -0.39 is 0 Å². The minimum absolute atomic E-state index is 0.0159. The van der Waals surface area contributed by atoms with E-state index in [9.17, 15) is 4.79 Å². The summed E-state index contributed by atoms with van der Waals surface area (Å²) in [5, 5.41) is 0. The van der Waals surface area contributed by atoms with E-state index in [1.807, 2.05) is 13.8 Å². The predicted molar refractivity (Wildman–Crippen MR) is 66.8 cm³/mol. The third-order valence-electron chi connectivity index (χ3n) is 2.61. The number of hydrogen-bond donors (Lipinski definition) is 1. The standard InChI is InChI=1S/C12H19N3O2/c1-8-5-10(6-11(13)14-8)12(16)15(3)9(2)7-17-4/h5-6,9H,7H2,1-4H3,(H2,13,14). The van der Waals surface area contributed by atoms with Gasteiger partial charge in [0.25, 0.3) is 5.91 Å². The Hall–Kier alpha value is -1.62. The van der Waals surface area contributed by atoms with E-state index in [1.165, 1.54) is 0 Å². The van der Waals surface area contributed by atoms with Gasteiger partial charge in [-0.15, -0.1) is 0 Å². The number of methoxy groups -OCH3 is 1. The van der Waals surface area contributed by atoms with Gasteiger partial charge in [0.1, 0.15) is 5.82 Å². The van der Waals surface area contributed by atoms with Crippen LogP contribution < -0.4 is 5.73 Å². The fourth-order valence-corrected chi connectivity index (χ4v) is 1.57. The zero-order valence-corrected chi connectivity index (χ0v) is 10.7. The first-order valence-electron chi connectivity index (χ1n) is 5.46.